The molecule has 312 valence electrons. The minimum atomic E-state index is -1.30. The summed E-state index contributed by atoms with van der Waals surface area (Å²) in [5, 5.41) is 27.5. The Labute approximate surface area is 323 Å². The lowest BCUT2D eigenvalue weighted by molar-refractivity contribution is -0.195. The van der Waals surface area contributed by atoms with Gasteiger partial charge in [-0.3, -0.25) is 19.2 Å². The van der Waals surface area contributed by atoms with Gasteiger partial charge in [-0.1, -0.05) is 47.6 Å². The van der Waals surface area contributed by atoms with Gasteiger partial charge in [0.15, 0.2) is 6.10 Å². The molecule has 0 aromatic heterocycles. The summed E-state index contributed by atoms with van der Waals surface area (Å²) >= 11 is 0. The molecule has 17 heteroatoms. The maximum atomic E-state index is 13.0. The number of aliphatic hydroxyl groups excluding tert-OH is 1. The number of hydrogen-bond donors (Lipinski definition) is 5. The van der Waals surface area contributed by atoms with Gasteiger partial charge in [0.2, 0.25) is 24.0 Å². The number of esters is 1. The Morgan fingerprint density at radius 2 is 1.45 bits per heavy atom. The van der Waals surface area contributed by atoms with Crippen molar-refractivity contribution in [1.82, 2.24) is 10.6 Å². The van der Waals surface area contributed by atoms with Gasteiger partial charge in [-0.05, 0) is 36.0 Å². The van der Waals surface area contributed by atoms with Crippen LogP contribution in [0.15, 0.2) is 18.2 Å². The largest absolute Gasteiger partial charge is 0.479 e. The standard InChI is InChI=1S/C38H61N3O14/c1-24(2)9-11-49-13-15-51-17-18-52-16-14-50-12-10-32(43)41-35(25(3)4)36(45)39-22-33(44)40-29-8-7-27(23-53-38(48)26(5)6)19-30(29)54-34-21-28(42)20-31(55-34)37(46)47/h7-8,19,24-26,28,31,34-35,42H,9-18,20-23H2,1-6H3,(H,39,45)(H,40,44)(H,41,43)(H,46,47). The minimum absolute atomic E-state index is 0.0152. The summed E-state index contributed by atoms with van der Waals surface area (Å²) in [6.45, 7) is 14.0. The van der Waals surface area contributed by atoms with Crippen molar-refractivity contribution in [2.45, 2.75) is 98.4 Å². The van der Waals surface area contributed by atoms with Gasteiger partial charge in [-0.15, -0.1) is 0 Å². The Bertz CT molecular complexity index is 1340. The zero-order valence-corrected chi connectivity index (χ0v) is 33.0. The number of carbonyl (C=O) groups excluding carboxylic acids is 4. The molecule has 4 unspecified atom stereocenters. The minimum Gasteiger partial charge on any atom is -0.479 e. The van der Waals surface area contributed by atoms with E-state index >= 15 is 0 Å². The number of carbonyl (C=O) groups is 5. The van der Waals surface area contributed by atoms with Crippen LogP contribution in [0.1, 0.15) is 72.8 Å². The molecule has 1 heterocycles. The maximum absolute atomic E-state index is 13.0. The molecule has 0 aliphatic carbocycles. The molecule has 3 amide bonds. The molecule has 4 atom stereocenters. The Kier molecular flexibility index (Phi) is 22.4. The molecule has 1 aliphatic heterocycles. The third-order valence-corrected chi connectivity index (χ3v) is 8.09. The van der Waals surface area contributed by atoms with E-state index in [0.717, 1.165) is 13.0 Å². The second-order valence-corrected chi connectivity index (χ2v) is 14.2. The van der Waals surface area contributed by atoms with Crippen LogP contribution in [0.2, 0.25) is 0 Å². The summed E-state index contributed by atoms with van der Waals surface area (Å²) < 4.78 is 38.6. The number of carboxylic acids is 1. The molecular weight excluding hydrogens is 722 g/mol. The first-order chi connectivity index (χ1) is 26.2. The van der Waals surface area contributed by atoms with E-state index in [1.807, 2.05) is 0 Å². The Morgan fingerprint density at radius 3 is 2.04 bits per heavy atom. The number of nitrogens with one attached hydrogen (secondary N) is 3. The fourth-order valence-corrected chi connectivity index (χ4v) is 4.91. The monoisotopic (exact) mass is 783 g/mol. The van der Waals surface area contributed by atoms with Gasteiger partial charge in [0, 0.05) is 25.9 Å². The van der Waals surface area contributed by atoms with Crippen molar-refractivity contribution < 1.29 is 67.3 Å². The number of benzene rings is 1. The van der Waals surface area contributed by atoms with Crippen molar-refractivity contribution in [3.8, 4) is 5.75 Å². The number of amides is 3. The Hall–Kier alpha value is -3.87. The van der Waals surface area contributed by atoms with Crippen LogP contribution in [0.25, 0.3) is 0 Å². The predicted octanol–water partition coefficient (Wildman–Crippen LogP) is 2.41. The van der Waals surface area contributed by atoms with Gasteiger partial charge in [0.25, 0.3) is 0 Å². The Morgan fingerprint density at radius 1 is 0.836 bits per heavy atom. The lowest BCUT2D eigenvalue weighted by Gasteiger charge is -2.31. The van der Waals surface area contributed by atoms with Crippen LogP contribution in [-0.2, 0) is 59.0 Å². The molecule has 1 aliphatic rings. The lowest BCUT2D eigenvalue weighted by Crippen LogP contribution is -2.51. The van der Waals surface area contributed by atoms with Crippen molar-refractivity contribution >= 4 is 35.3 Å². The summed E-state index contributed by atoms with van der Waals surface area (Å²) in [5.74, 6) is -3.26. The number of carboxylic acid groups (broad SMARTS) is 1. The van der Waals surface area contributed by atoms with Gasteiger partial charge >= 0.3 is 11.9 Å². The highest BCUT2D eigenvalue weighted by Crippen LogP contribution is 2.31. The quantitative estimate of drug-likeness (QED) is 0.0639. The number of aliphatic carboxylic acids is 1. The third-order valence-electron chi connectivity index (χ3n) is 8.09. The zero-order valence-electron chi connectivity index (χ0n) is 33.0. The third kappa shape index (κ3) is 20.0. The van der Waals surface area contributed by atoms with Crippen LogP contribution in [0.3, 0.4) is 0 Å². The molecule has 1 aromatic carbocycles. The van der Waals surface area contributed by atoms with Gasteiger partial charge in [-0.25, -0.2) is 4.79 Å². The first kappa shape index (κ1) is 47.3. The van der Waals surface area contributed by atoms with E-state index in [9.17, 15) is 34.2 Å². The summed E-state index contributed by atoms with van der Waals surface area (Å²) in [6, 6.07) is 3.66. The molecule has 0 bridgehead atoms. The first-order valence-corrected chi connectivity index (χ1v) is 18.9. The van der Waals surface area contributed by atoms with E-state index in [0.29, 0.717) is 44.5 Å². The molecule has 1 aromatic rings. The average molecular weight is 784 g/mol. The molecule has 1 saturated heterocycles. The number of aliphatic hydroxyl groups is 1. The summed E-state index contributed by atoms with van der Waals surface area (Å²) in [6.07, 6.45) is -2.58. The van der Waals surface area contributed by atoms with E-state index in [4.69, 9.17) is 33.2 Å². The number of anilines is 1. The zero-order chi connectivity index (χ0) is 40.8. The van der Waals surface area contributed by atoms with Crippen LogP contribution in [-0.4, -0.2) is 124 Å². The molecule has 0 radical (unpaired) electrons. The molecule has 2 rings (SSSR count). The summed E-state index contributed by atoms with van der Waals surface area (Å²) in [5.41, 5.74) is 0.657. The highest BCUT2D eigenvalue weighted by molar-refractivity contribution is 5.97. The highest BCUT2D eigenvalue weighted by atomic mass is 16.7. The van der Waals surface area contributed by atoms with Crippen LogP contribution >= 0.6 is 0 Å². The van der Waals surface area contributed by atoms with Crippen molar-refractivity contribution in [3.05, 3.63) is 23.8 Å². The van der Waals surface area contributed by atoms with E-state index < -0.39 is 60.7 Å². The van der Waals surface area contributed by atoms with E-state index in [1.54, 1.807) is 33.8 Å². The molecule has 5 N–H and O–H groups in total. The molecule has 17 nitrogen and oxygen atoms in total. The van der Waals surface area contributed by atoms with Gasteiger partial charge in [0.1, 0.15) is 18.4 Å². The summed E-state index contributed by atoms with van der Waals surface area (Å²) in [7, 11) is 0. The van der Waals surface area contributed by atoms with Crippen molar-refractivity contribution in [3.63, 3.8) is 0 Å². The van der Waals surface area contributed by atoms with Crippen LogP contribution in [0.4, 0.5) is 5.69 Å². The van der Waals surface area contributed by atoms with Gasteiger partial charge in [-0.2, -0.15) is 0 Å². The predicted molar refractivity (Wildman–Crippen MR) is 199 cm³/mol. The van der Waals surface area contributed by atoms with E-state index in [1.165, 1.54) is 12.1 Å². The topological polar surface area (TPSA) is 227 Å². The highest BCUT2D eigenvalue weighted by Gasteiger charge is 2.34. The Balaban J connectivity index is 1.81. The maximum Gasteiger partial charge on any atom is 0.333 e. The van der Waals surface area contributed by atoms with Crippen LogP contribution in [0.5, 0.6) is 5.75 Å². The molecule has 0 spiro atoms. The van der Waals surface area contributed by atoms with Gasteiger partial charge in [0.05, 0.1) is 70.5 Å². The molecule has 1 fully saturated rings. The van der Waals surface area contributed by atoms with Crippen LogP contribution < -0.4 is 20.7 Å². The van der Waals surface area contributed by atoms with Gasteiger partial charge < -0.3 is 59.3 Å². The smallest absolute Gasteiger partial charge is 0.333 e. The van der Waals surface area contributed by atoms with Crippen LogP contribution in [0, 0.1) is 17.8 Å². The summed E-state index contributed by atoms with van der Waals surface area (Å²) in [4.78, 5) is 62.1. The van der Waals surface area contributed by atoms with Crippen molar-refractivity contribution in [1.29, 1.82) is 0 Å². The normalized spacial score (nSPS) is 17.5. The second-order valence-electron chi connectivity index (χ2n) is 14.2. The lowest BCUT2D eigenvalue weighted by atomic mass is 10.0. The second kappa shape index (κ2) is 26.1. The molecule has 0 saturated carbocycles. The average Bonchev–Trinajstić information content (AvgIpc) is 3.12. The number of rotatable bonds is 27. The van der Waals surface area contributed by atoms with E-state index in [-0.39, 0.29) is 62.4 Å². The van der Waals surface area contributed by atoms with Crippen molar-refractivity contribution in [2.75, 3.05) is 64.7 Å². The molecular formula is C38H61N3O14. The first-order valence-electron chi connectivity index (χ1n) is 18.9. The fraction of sp³-hybridized carbons (Fsp3) is 0.711. The van der Waals surface area contributed by atoms with Crippen molar-refractivity contribution in [2.24, 2.45) is 17.8 Å². The van der Waals surface area contributed by atoms with E-state index in [2.05, 4.69) is 29.8 Å². The SMILES string of the molecule is CC(C)CCOCCOCCOCCOCCC(=O)NC(C(=O)NCC(=O)Nc1ccc(COC(=O)C(C)C)cc1OC1CC(O)CC(C(=O)O)O1)C(C)C. The fourth-order valence-electron chi connectivity index (χ4n) is 4.91. The number of hydrogen-bond acceptors (Lipinski definition) is 13. The molecule has 55 heavy (non-hydrogen) atoms. The number of ether oxygens (including phenoxy) is 7.